The number of methoxy groups -OCH3 is 1. The van der Waals surface area contributed by atoms with E-state index in [1.54, 1.807) is 18.9 Å². The average Bonchev–Trinajstić information content (AvgIpc) is 3.54. The second-order valence-corrected chi connectivity index (χ2v) is 14.1. The van der Waals surface area contributed by atoms with Gasteiger partial charge in [0.05, 0.1) is 12.8 Å². The van der Waals surface area contributed by atoms with Crippen LogP contribution < -0.4 is 19.7 Å². The molecule has 1 aliphatic heterocycles. The molecule has 0 aliphatic carbocycles. The molecule has 3 aromatic carbocycles. The predicted octanol–water partition coefficient (Wildman–Crippen LogP) is 8.63. The third-order valence-electron chi connectivity index (χ3n) is 8.17. The van der Waals surface area contributed by atoms with E-state index in [0.717, 1.165) is 40.3 Å². The summed E-state index contributed by atoms with van der Waals surface area (Å²) in [7, 11) is 1.66. The zero-order chi connectivity index (χ0) is 35.3. The molecule has 1 N–H and O–H groups in total. The zero-order valence-electron chi connectivity index (χ0n) is 28.4. The molecule has 0 saturated carbocycles. The highest BCUT2D eigenvalue weighted by Crippen LogP contribution is 2.37. The number of thioether (sulfide) groups is 1. The fourth-order valence-electron chi connectivity index (χ4n) is 5.62. The first-order chi connectivity index (χ1) is 23.2. The minimum Gasteiger partial charge on any atom is -0.497 e. The van der Waals surface area contributed by atoms with E-state index in [9.17, 15) is 18.0 Å². The van der Waals surface area contributed by atoms with Gasteiger partial charge in [0.2, 0.25) is 0 Å². The lowest BCUT2D eigenvalue weighted by atomic mass is 9.85. The first-order valence-electron chi connectivity index (χ1n) is 16.0. The molecular weight excluding hydrogens is 653 g/mol. The van der Waals surface area contributed by atoms with E-state index in [-0.39, 0.29) is 29.2 Å². The number of halogens is 3. The van der Waals surface area contributed by atoms with Crippen LogP contribution in [0.2, 0.25) is 0 Å². The van der Waals surface area contributed by atoms with Crippen molar-refractivity contribution in [2.24, 2.45) is 10.4 Å². The summed E-state index contributed by atoms with van der Waals surface area (Å²) in [5.74, 6) is 2.13. The Morgan fingerprint density at radius 1 is 1.06 bits per heavy atom. The number of benzene rings is 3. The summed E-state index contributed by atoms with van der Waals surface area (Å²) in [6, 6.07) is 19.2. The molecule has 49 heavy (non-hydrogen) atoms. The standard InChI is InChI=1S/C36H41F3N6O3S/c1-23(2)30-19-29(47-6)15-16-31(30)45-24(3)17-18-49-34(45)42-33(46)40-21-35(4,5)20-25-7-9-26(10-8-25)32-41-22-44(43-32)27-11-13-28(14-12-27)48-36(37,38)39/h7-16,19,22-24H,17-18,20-21H2,1-6H3,(H,40,46)/b42-34-. The molecule has 0 spiro atoms. The summed E-state index contributed by atoms with van der Waals surface area (Å²) < 4.78 is 48.3. The van der Waals surface area contributed by atoms with Gasteiger partial charge in [0.25, 0.3) is 0 Å². The van der Waals surface area contributed by atoms with Crippen LogP contribution >= 0.6 is 11.8 Å². The molecule has 2 amide bonds. The highest BCUT2D eigenvalue weighted by molar-refractivity contribution is 8.14. The van der Waals surface area contributed by atoms with Crippen LogP contribution in [0.3, 0.4) is 0 Å². The van der Waals surface area contributed by atoms with E-state index in [1.807, 2.05) is 30.3 Å². The quantitative estimate of drug-likeness (QED) is 0.178. The minimum atomic E-state index is -4.75. The molecule has 13 heteroatoms. The predicted molar refractivity (Wildman–Crippen MR) is 188 cm³/mol. The van der Waals surface area contributed by atoms with Crippen molar-refractivity contribution >= 4 is 28.6 Å². The number of rotatable bonds is 10. The number of nitrogens with zero attached hydrogens (tertiary/aromatic N) is 5. The van der Waals surface area contributed by atoms with Gasteiger partial charge in [-0.15, -0.1) is 18.3 Å². The monoisotopic (exact) mass is 694 g/mol. The Morgan fingerprint density at radius 2 is 1.76 bits per heavy atom. The summed E-state index contributed by atoms with van der Waals surface area (Å²) in [5.41, 5.74) is 4.35. The highest BCUT2D eigenvalue weighted by atomic mass is 32.2. The van der Waals surface area contributed by atoms with Crippen molar-refractivity contribution in [3.8, 4) is 28.6 Å². The average molecular weight is 695 g/mol. The highest BCUT2D eigenvalue weighted by Gasteiger charge is 2.31. The van der Waals surface area contributed by atoms with Gasteiger partial charge in [0.15, 0.2) is 11.0 Å². The van der Waals surface area contributed by atoms with Crippen molar-refractivity contribution in [2.75, 3.05) is 24.3 Å². The topological polar surface area (TPSA) is 93.9 Å². The Kier molecular flexibility index (Phi) is 10.9. The molecule has 1 atom stereocenters. The summed E-state index contributed by atoms with van der Waals surface area (Å²) in [6.45, 7) is 11.1. The van der Waals surface area contributed by atoms with Crippen molar-refractivity contribution in [1.82, 2.24) is 20.1 Å². The Bertz CT molecular complexity index is 1770. The second kappa shape index (κ2) is 14.9. The van der Waals surface area contributed by atoms with E-state index >= 15 is 0 Å². The molecule has 2 heterocycles. The number of hydrogen-bond acceptors (Lipinski definition) is 6. The van der Waals surface area contributed by atoms with Crippen molar-refractivity contribution in [1.29, 1.82) is 0 Å². The molecule has 1 aliphatic rings. The van der Waals surface area contributed by atoms with Gasteiger partial charge in [-0.3, -0.25) is 0 Å². The van der Waals surface area contributed by atoms with Crippen LogP contribution in [-0.4, -0.2) is 57.8 Å². The van der Waals surface area contributed by atoms with Gasteiger partial charge in [-0.05, 0) is 84.7 Å². The van der Waals surface area contributed by atoms with E-state index in [1.165, 1.54) is 35.3 Å². The number of anilines is 1. The number of aromatic nitrogens is 3. The molecule has 9 nitrogen and oxygen atoms in total. The molecule has 1 unspecified atom stereocenters. The molecule has 260 valence electrons. The smallest absolute Gasteiger partial charge is 0.497 e. The summed E-state index contributed by atoms with van der Waals surface area (Å²) in [6.07, 6.45) is -1.56. The maximum Gasteiger partial charge on any atom is 0.573 e. The number of ether oxygens (including phenoxy) is 2. The van der Waals surface area contributed by atoms with Crippen LogP contribution in [0.4, 0.5) is 23.7 Å². The molecule has 5 rings (SSSR count). The maximum absolute atomic E-state index is 13.2. The lowest BCUT2D eigenvalue weighted by molar-refractivity contribution is -0.274. The number of alkyl halides is 3. The number of amides is 2. The first kappa shape index (κ1) is 35.8. The van der Waals surface area contributed by atoms with E-state index < -0.39 is 6.36 Å². The number of hydrogen-bond donors (Lipinski definition) is 1. The van der Waals surface area contributed by atoms with Crippen LogP contribution in [0.5, 0.6) is 11.5 Å². The van der Waals surface area contributed by atoms with Crippen molar-refractivity contribution in [2.45, 2.75) is 65.8 Å². The first-order valence-corrected chi connectivity index (χ1v) is 17.0. The van der Waals surface area contributed by atoms with Gasteiger partial charge in [-0.25, -0.2) is 14.5 Å². The minimum absolute atomic E-state index is 0.190. The van der Waals surface area contributed by atoms with Gasteiger partial charge in [0.1, 0.15) is 17.8 Å². The largest absolute Gasteiger partial charge is 0.573 e. The van der Waals surface area contributed by atoms with Crippen LogP contribution in [-0.2, 0) is 6.42 Å². The van der Waals surface area contributed by atoms with Gasteiger partial charge >= 0.3 is 12.4 Å². The fraction of sp³-hybridized carbons (Fsp3) is 0.389. The Morgan fingerprint density at radius 3 is 2.41 bits per heavy atom. The lowest BCUT2D eigenvalue weighted by Gasteiger charge is -2.37. The molecule has 1 saturated heterocycles. The lowest BCUT2D eigenvalue weighted by Crippen LogP contribution is -2.43. The molecule has 1 fully saturated rings. The fourth-order valence-corrected chi connectivity index (χ4v) is 6.83. The normalized spacial score (nSPS) is 16.2. The number of aliphatic imine (C=N–C) groups is 1. The van der Waals surface area contributed by atoms with Crippen LogP contribution in [0.15, 0.2) is 78.0 Å². The van der Waals surface area contributed by atoms with E-state index in [0.29, 0.717) is 29.6 Å². The van der Waals surface area contributed by atoms with Crippen molar-refractivity contribution in [3.63, 3.8) is 0 Å². The molecular formula is C36H41F3N6O3S. The number of carbonyl (C=O) groups is 1. The van der Waals surface area contributed by atoms with Crippen molar-refractivity contribution in [3.05, 3.63) is 84.2 Å². The van der Waals surface area contributed by atoms with E-state index in [2.05, 4.69) is 76.8 Å². The zero-order valence-corrected chi connectivity index (χ0v) is 29.2. The van der Waals surface area contributed by atoms with Gasteiger partial charge in [-0.1, -0.05) is 63.7 Å². The Hall–Kier alpha value is -4.52. The molecule has 0 bridgehead atoms. The summed E-state index contributed by atoms with van der Waals surface area (Å²) in [5, 5.41) is 8.20. The molecule has 4 aromatic rings. The van der Waals surface area contributed by atoms with Crippen LogP contribution in [0.25, 0.3) is 17.1 Å². The number of urea groups is 1. The van der Waals surface area contributed by atoms with Gasteiger partial charge < -0.3 is 19.7 Å². The summed E-state index contributed by atoms with van der Waals surface area (Å²) >= 11 is 1.60. The van der Waals surface area contributed by atoms with Crippen LogP contribution in [0.1, 0.15) is 58.1 Å². The Labute approximate surface area is 288 Å². The van der Waals surface area contributed by atoms with Crippen LogP contribution in [0, 0.1) is 5.41 Å². The number of amidine groups is 1. The molecule has 0 radical (unpaired) electrons. The maximum atomic E-state index is 13.2. The van der Waals surface area contributed by atoms with Crippen molar-refractivity contribution < 1.29 is 27.4 Å². The second-order valence-electron chi connectivity index (χ2n) is 13.1. The SMILES string of the molecule is COc1ccc(N2/C(=N/C(=O)NCC(C)(C)Cc3ccc(-c4ncn(-c5ccc(OC(F)(F)F)cc5)n4)cc3)SCCC2C)c(C(C)C)c1. The summed E-state index contributed by atoms with van der Waals surface area (Å²) in [4.78, 5) is 24.2. The van der Waals surface area contributed by atoms with Gasteiger partial charge in [-0.2, -0.15) is 4.99 Å². The number of carbonyl (C=O) groups excluding carboxylic acids is 1. The van der Waals surface area contributed by atoms with Gasteiger partial charge in [0, 0.05) is 29.6 Å². The number of nitrogens with one attached hydrogen (secondary N) is 1. The molecule has 1 aromatic heterocycles. The van der Waals surface area contributed by atoms with E-state index in [4.69, 9.17) is 4.74 Å². The Balaban J connectivity index is 1.20. The third-order valence-corrected chi connectivity index (χ3v) is 9.15. The third kappa shape index (κ3) is 9.34.